The molecule has 0 atom stereocenters. The van der Waals surface area contributed by atoms with Gasteiger partial charge in [-0.1, -0.05) is 0 Å². The first kappa shape index (κ1) is 11.8. The first-order valence-corrected chi connectivity index (χ1v) is 5.72. The molecule has 0 aromatic carbocycles. The number of nitrogens with one attached hydrogen (secondary N) is 1. The van der Waals surface area contributed by atoms with Gasteiger partial charge in [0, 0.05) is 31.4 Å². The third-order valence-corrected chi connectivity index (χ3v) is 3.10. The maximum atomic E-state index is 11.1. The van der Waals surface area contributed by atoms with Crippen molar-refractivity contribution in [2.75, 3.05) is 24.5 Å². The third kappa shape index (κ3) is 2.08. The third-order valence-electron chi connectivity index (χ3n) is 3.10. The van der Waals surface area contributed by atoms with Crippen LogP contribution in [0.1, 0.15) is 12.5 Å². The molecule has 2 heterocycles. The zero-order valence-electron chi connectivity index (χ0n) is 10.0. The van der Waals surface area contributed by atoms with Crippen LogP contribution in [0.4, 0.5) is 11.5 Å². The van der Waals surface area contributed by atoms with Gasteiger partial charge in [-0.25, -0.2) is 4.98 Å². The second-order valence-electron chi connectivity index (χ2n) is 4.16. The predicted octanol–water partition coefficient (Wildman–Crippen LogP) is 1.10. The summed E-state index contributed by atoms with van der Waals surface area (Å²) in [5.74, 6) is 0.490. The lowest BCUT2D eigenvalue weighted by molar-refractivity contribution is -0.384. The molecule has 0 spiro atoms. The SMILES string of the molecule is CCN(c1nccc(C)c1[N+](=O)[O-])C1CNC1. The molecule has 17 heavy (non-hydrogen) atoms. The highest BCUT2D eigenvalue weighted by atomic mass is 16.6. The van der Waals surface area contributed by atoms with Gasteiger partial charge in [-0.05, 0) is 19.9 Å². The molecule has 1 N–H and O–H groups in total. The summed E-state index contributed by atoms with van der Waals surface area (Å²) in [7, 11) is 0. The molecule has 6 heteroatoms. The number of hydrogen-bond donors (Lipinski definition) is 1. The van der Waals surface area contributed by atoms with Crippen LogP contribution in [0.5, 0.6) is 0 Å². The number of nitrogens with zero attached hydrogens (tertiary/aromatic N) is 3. The first-order chi connectivity index (χ1) is 8.15. The van der Waals surface area contributed by atoms with Crippen LogP contribution in [0.2, 0.25) is 0 Å². The van der Waals surface area contributed by atoms with Crippen LogP contribution in [0.15, 0.2) is 12.3 Å². The number of likely N-dealkylation sites (N-methyl/N-ethyl adjacent to an activating group) is 1. The predicted molar refractivity (Wildman–Crippen MR) is 65.3 cm³/mol. The monoisotopic (exact) mass is 236 g/mol. The Morgan fingerprint density at radius 3 is 2.82 bits per heavy atom. The van der Waals surface area contributed by atoms with Crippen molar-refractivity contribution >= 4 is 11.5 Å². The van der Waals surface area contributed by atoms with Crippen molar-refractivity contribution in [2.24, 2.45) is 0 Å². The summed E-state index contributed by atoms with van der Waals surface area (Å²) in [4.78, 5) is 17.0. The molecular formula is C11H16N4O2. The summed E-state index contributed by atoms with van der Waals surface area (Å²) in [5, 5.41) is 14.3. The summed E-state index contributed by atoms with van der Waals surface area (Å²) in [6.07, 6.45) is 1.63. The second kappa shape index (κ2) is 4.67. The van der Waals surface area contributed by atoms with E-state index in [1.165, 1.54) is 0 Å². The zero-order chi connectivity index (χ0) is 12.4. The van der Waals surface area contributed by atoms with E-state index in [4.69, 9.17) is 0 Å². The van der Waals surface area contributed by atoms with Crippen LogP contribution < -0.4 is 10.2 Å². The number of aromatic nitrogens is 1. The molecule has 1 aliphatic rings. The lowest BCUT2D eigenvalue weighted by Gasteiger charge is -2.38. The smallest absolute Gasteiger partial charge is 0.314 e. The van der Waals surface area contributed by atoms with E-state index in [0.29, 0.717) is 17.4 Å². The van der Waals surface area contributed by atoms with E-state index < -0.39 is 0 Å². The van der Waals surface area contributed by atoms with Crippen LogP contribution in [-0.2, 0) is 0 Å². The fraction of sp³-hybridized carbons (Fsp3) is 0.545. The van der Waals surface area contributed by atoms with Gasteiger partial charge in [0.15, 0.2) is 0 Å². The van der Waals surface area contributed by atoms with Crippen LogP contribution >= 0.6 is 0 Å². The molecule has 0 bridgehead atoms. The number of aryl methyl sites for hydroxylation is 1. The average molecular weight is 236 g/mol. The molecule has 1 aliphatic heterocycles. The maximum Gasteiger partial charge on any atom is 0.314 e. The van der Waals surface area contributed by atoms with E-state index in [1.54, 1.807) is 19.2 Å². The minimum absolute atomic E-state index is 0.126. The van der Waals surface area contributed by atoms with Crippen LogP contribution in [-0.4, -0.2) is 35.6 Å². The lowest BCUT2D eigenvalue weighted by atomic mass is 10.1. The topological polar surface area (TPSA) is 71.3 Å². The van der Waals surface area contributed by atoms with Crippen molar-refractivity contribution in [3.63, 3.8) is 0 Å². The first-order valence-electron chi connectivity index (χ1n) is 5.72. The lowest BCUT2D eigenvalue weighted by Crippen LogP contribution is -2.57. The van der Waals surface area contributed by atoms with Gasteiger partial charge in [0.05, 0.1) is 11.0 Å². The highest BCUT2D eigenvalue weighted by molar-refractivity contribution is 5.62. The Morgan fingerprint density at radius 2 is 2.35 bits per heavy atom. The normalized spacial score (nSPS) is 15.4. The number of pyridine rings is 1. The van der Waals surface area contributed by atoms with Crippen molar-refractivity contribution in [1.82, 2.24) is 10.3 Å². The van der Waals surface area contributed by atoms with Crippen molar-refractivity contribution in [1.29, 1.82) is 0 Å². The standard InChI is InChI=1S/C11H16N4O2/c1-3-14(9-6-12-7-9)11-10(15(16)17)8(2)4-5-13-11/h4-5,9,12H,3,6-7H2,1-2H3. The van der Waals surface area contributed by atoms with Crippen molar-refractivity contribution in [3.05, 3.63) is 27.9 Å². The molecule has 0 saturated carbocycles. The number of anilines is 1. The molecule has 6 nitrogen and oxygen atoms in total. The van der Waals surface area contributed by atoms with Crippen LogP contribution in [0.3, 0.4) is 0 Å². The molecule has 1 fully saturated rings. The Balaban J connectivity index is 2.41. The maximum absolute atomic E-state index is 11.1. The van der Waals surface area contributed by atoms with Gasteiger partial charge in [-0.3, -0.25) is 10.1 Å². The summed E-state index contributed by atoms with van der Waals surface area (Å²) < 4.78 is 0. The molecule has 0 aliphatic carbocycles. The van der Waals surface area contributed by atoms with Gasteiger partial charge in [-0.2, -0.15) is 0 Å². The molecule has 1 aromatic heterocycles. The molecular weight excluding hydrogens is 220 g/mol. The van der Waals surface area contributed by atoms with E-state index in [2.05, 4.69) is 10.3 Å². The summed E-state index contributed by atoms with van der Waals surface area (Å²) in [5.41, 5.74) is 0.784. The largest absolute Gasteiger partial charge is 0.346 e. The number of hydrogen-bond acceptors (Lipinski definition) is 5. The quantitative estimate of drug-likeness (QED) is 0.626. The van der Waals surface area contributed by atoms with Gasteiger partial charge in [-0.15, -0.1) is 0 Å². The van der Waals surface area contributed by atoms with Gasteiger partial charge in [0.25, 0.3) is 0 Å². The molecule has 2 rings (SSSR count). The Morgan fingerprint density at radius 1 is 1.65 bits per heavy atom. The van der Waals surface area contributed by atoms with Crippen LogP contribution in [0.25, 0.3) is 0 Å². The molecule has 1 saturated heterocycles. The highest BCUT2D eigenvalue weighted by Crippen LogP contribution is 2.30. The van der Waals surface area contributed by atoms with Crippen LogP contribution in [0, 0.1) is 17.0 Å². The van der Waals surface area contributed by atoms with E-state index in [9.17, 15) is 10.1 Å². The summed E-state index contributed by atoms with van der Waals surface area (Å²) in [6.45, 7) is 6.19. The fourth-order valence-electron chi connectivity index (χ4n) is 2.05. The minimum Gasteiger partial charge on any atom is -0.346 e. The molecule has 0 amide bonds. The van der Waals surface area contributed by atoms with E-state index in [0.717, 1.165) is 19.6 Å². The van der Waals surface area contributed by atoms with Gasteiger partial charge < -0.3 is 10.2 Å². The Bertz CT molecular complexity index is 431. The van der Waals surface area contributed by atoms with E-state index >= 15 is 0 Å². The molecule has 0 radical (unpaired) electrons. The van der Waals surface area contributed by atoms with Crippen molar-refractivity contribution in [2.45, 2.75) is 19.9 Å². The van der Waals surface area contributed by atoms with E-state index in [-0.39, 0.29) is 10.6 Å². The highest BCUT2D eigenvalue weighted by Gasteiger charge is 2.30. The number of rotatable bonds is 4. The zero-order valence-corrected chi connectivity index (χ0v) is 10.0. The molecule has 0 unspecified atom stereocenters. The Labute approximate surface area is 99.8 Å². The summed E-state index contributed by atoms with van der Waals surface area (Å²) >= 11 is 0. The molecule has 1 aromatic rings. The van der Waals surface area contributed by atoms with E-state index in [1.807, 2.05) is 11.8 Å². The fourth-order valence-corrected chi connectivity index (χ4v) is 2.05. The van der Waals surface area contributed by atoms with Gasteiger partial charge >= 0.3 is 5.69 Å². The van der Waals surface area contributed by atoms with Gasteiger partial charge in [0.2, 0.25) is 5.82 Å². The Hall–Kier alpha value is -1.69. The van der Waals surface area contributed by atoms with Crippen molar-refractivity contribution < 1.29 is 4.92 Å². The van der Waals surface area contributed by atoms with Gasteiger partial charge in [0.1, 0.15) is 0 Å². The van der Waals surface area contributed by atoms with Crippen molar-refractivity contribution in [3.8, 4) is 0 Å². The second-order valence-corrected chi connectivity index (χ2v) is 4.16. The Kier molecular flexibility index (Phi) is 3.23. The minimum atomic E-state index is -0.341. The number of nitro groups is 1. The summed E-state index contributed by atoms with van der Waals surface area (Å²) in [6, 6.07) is 1.99. The molecule has 92 valence electrons. The average Bonchev–Trinajstić information content (AvgIpc) is 2.22.